The maximum absolute atomic E-state index is 15.2. The number of alkyl halides is 1. The molecular formula is C28H26FN3O2. The van der Waals surface area contributed by atoms with Crippen LogP contribution in [0.5, 0.6) is 11.5 Å². The van der Waals surface area contributed by atoms with E-state index in [1.165, 1.54) is 5.57 Å². The summed E-state index contributed by atoms with van der Waals surface area (Å²) in [4.78, 5) is 19.0. The van der Waals surface area contributed by atoms with Gasteiger partial charge in [0.05, 0.1) is 6.54 Å². The third-order valence-electron chi connectivity index (χ3n) is 6.11. The number of allylic oxidation sites excluding steroid dienone is 3. The summed E-state index contributed by atoms with van der Waals surface area (Å²) in [5.74, 6) is 1.72. The Bertz CT molecular complexity index is 1250. The summed E-state index contributed by atoms with van der Waals surface area (Å²) in [6.45, 7) is 3.02. The molecule has 34 heavy (non-hydrogen) atoms. The lowest BCUT2D eigenvalue weighted by Gasteiger charge is -2.19. The van der Waals surface area contributed by atoms with Gasteiger partial charge in [-0.1, -0.05) is 53.6 Å². The summed E-state index contributed by atoms with van der Waals surface area (Å²) in [6.07, 6.45) is 8.26. The molecule has 3 aromatic rings. The number of halogens is 1. The van der Waals surface area contributed by atoms with Crippen LogP contribution in [0.3, 0.4) is 0 Å². The van der Waals surface area contributed by atoms with Crippen molar-refractivity contribution in [1.82, 2.24) is 9.88 Å². The van der Waals surface area contributed by atoms with Gasteiger partial charge >= 0.3 is 0 Å². The van der Waals surface area contributed by atoms with Crippen LogP contribution in [0.15, 0.2) is 84.6 Å². The zero-order chi connectivity index (χ0) is 23.5. The van der Waals surface area contributed by atoms with Crippen molar-refractivity contribution in [2.75, 3.05) is 11.9 Å². The molecule has 6 heteroatoms. The zero-order valence-corrected chi connectivity index (χ0v) is 19.0. The number of nitrogens with zero attached hydrogens (tertiary/aromatic N) is 2. The fraction of sp³-hybridized carbons (Fsp3) is 0.214. The Morgan fingerprint density at radius 1 is 1.09 bits per heavy atom. The number of fused-ring (bicyclic) bond motifs is 1. The van der Waals surface area contributed by atoms with Crippen LogP contribution in [-0.2, 0) is 6.54 Å². The van der Waals surface area contributed by atoms with E-state index in [4.69, 9.17) is 4.74 Å². The van der Waals surface area contributed by atoms with E-state index in [9.17, 15) is 4.79 Å². The van der Waals surface area contributed by atoms with Crippen LogP contribution in [0.4, 0.5) is 10.2 Å². The molecule has 0 spiro atoms. The Morgan fingerprint density at radius 3 is 2.53 bits per heavy atom. The number of aryl methyl sites for hydroxylation is 1. The molecule has 2 aromatic carbocycles. The lowest BCUT2D eigenvalue weighted by Crippen LogP contribution is -2.26. The molecule has 0 unspecified atom stereocenters. The molecule has 1 N–H and O–H groups in total. The predicted molar refractivity (Wildman–Crippen MR) is 131 cm³/mol. The van der Waals surface area contributed by atoms with E-state index in [-0.39, 0.29) is 5.91 Å². The van der Waals surface area contributed by atoms with Crippen LogP contribution in [0.1, 0.15) is 46.2 Å². The van der Waals surface area contributed by atoms with Gasteiger partial charge in [-0.25, -0.2) is 9.37 Å². The third kappa shape index (κ3) is 4.71. The monoisotopic (exact) mass is 455 g/mol. The van der Waals surface area contributed by atoms with E-state index < -0.39 is 6.30 Å². The molecule has 0 radical (unpaired) electrons. The molecule has 2 aliphatic rings. The molecule has 5 nitrogen and oxygen atoms in total. The Hall–Kier alpha value is -3.93. The minimum absolute atomic E-state index is 0.0380. The normalized spacial score (nSPS) is 15.6. The topological polar surface area (TPSA) is 54.5 Å². The van der Waals surface area contributed by atoms with Gasteiger partial charge in [0.25, 0.3) is 5.91 Å². The van der Waals surface area contributed by atoms with Crippen molar-refractivity contribution < 1.29 is 13.9 Å². The lowest BCUT2D eigenvalue weighted by molar-refractivity contribution is 0.0791. The van der Waals surface area contributed by atoms with E-state index in [2.05, 4.69) is 22.5 Å². The lowest BCUT2D eigenvalue weighted by atomic mass is 10.0. The molecule has 0 saturated heterocycles. The van der Waals surface area contributed by atoms with Gasteiger partial charge in [-0.15, -0.1) is 0 Å². The molecule has 0 bridgehead atoms. The van der Waals surface area contributed by atoms with Gasteiger partial charge < -0.3 is 15.0 Å². The van der Waals surface area contributed by atoms with Gasteiger partial charge in [-0.05, 0) is 50.1 Å². The number of aromatic nitrogens is 1. The second-order valence-corrected chi connectivity index (χ2v) is 8.63. The number of carbonyl (C=O) groups excluding carboxylic acids is 1. The molecule has 2 heterocycles. The fourth-order valence-corrected chi connectivity index (χ4v) is 4.22. The van der Waals surface area contributed by atoms with Gasteiger partial charge in [0, 0.05) is 29.4 Å². The van der Waals surface area contributed by atoms with E-state index in [1.54, 1.807) is 41.4 Å². The van der Waals surface area contributed by atoms with Gasteiger partial charge in [0.1, 0.15) is 17.3 Å². The van der Waals surface area contributed by atoms with Crippen molar-refractivity contribution in [1.29, 1.82) is 0 Å². The molecule has 1 aliphatic heterocycles. The van der Waals surface area contributed by atoms with Crippen molar-refractivity contribution in [3.63, 3.8) is 0 Å². The molecule has 1 atom stereocenters. The molecule has 1 amide bonds. The second-order valence-electron chi connectivity index (χ2n) is 8.63. The molecule has 1 aromatic heterocycles. The van der Waals surface area contributed by atoms with Gasteiger partial charge in [0.15, 0.2) is 6.30 Å². The van der Waals surface area contributed by atoms with E-state index in [0.29, 0.717) is 35.8 Å². The van der Waals surface area contributed by atoms with Crippen molar-refractivity contribution in [2.24, 2.45) is 0 Å². The Balaban J connectivity index is 1.26. The summed E-state index contributed by atoms with van der Waals surface area (Å²) in [5.41, 5.74) is 4.15. The highest BCUT2D eigenvalue weighted by Crippen LogP contribution is 2.32. The third-order valence-corrected chi connectivity index (χ3v) is 6.11. The number of carbonyl (C=O) groups is 1. The van der Waals surface area contributed by atoms with Crippen molar-refractivity contribution in [3.8, 4) is 11.5 Å². The first kappa shape index (κ1) is 21.9. The summed E-state index contributed by atoms with van der Waals surface area (Å²) >= 11 is 0. The van der Waals surface area contributed by atoms with Crippen molar-refractivity contribution >= 4 is 11.7 Å². The minimum Gasteiger partial charge on any atom is -0.457 e. The number of pyridine rings is 1. The highest BCUT2D eigenvalue weighted by molar-refractivity contribution is 5.99. The van der Waals surface area contributed by atoms with Crippen LogP contribution >= 0.6 is 0 Å². The molecular weight excluding hydrogens is 429 g/mol. The van der Waals surface area contributed by atoms with Crippen molar-refractivity contribution in [2.45, 2.75) is 32.6 Å². The summed E-state index contributed by atoms with van der Waals surface area (Å²) < 4.78 is 21.0. The van der Waals surface area contributed by atoms with Gasteiger partial charge in [-0.3, -0.25) is 4.79 Å². The predicted octanol–water partition coefficient (Wildman–Crippen LogP) is 6.49. The smallest absolute Gasteiger partial charge is 0.254 e. The summed E-state index contributed by atoms with van der Waals surface area (Å²) in [5, 5.41) is 2.86. The fourth-order valence-electron chi connectivity index (χ4n) is 4.22. The van der Waals surface area contributed by atoms with Gasteiger partial charge in [0.2, 0.25) is 0 Å². The molecule has 0 fully saturated rings. The number of amides is 1. The molecule has 5 rings (SSSR count). The maximum Gasteiger partial charge on any atom is 0.254 e. The number of anilines is 1. The standard InChI is InChI=1S/C28H26FN3O2/c1-19-7-11-22(12-8-19)34-23-13-9-21(10-14-23)26(29)31-27-25-18-32(17-20-5-3-2-4-6-20)28(33)24(25)15-16-30-27/h2-3,5,7-16,26H,4,6,17-18H2,1H3,(H,30,31)/t26-/m1/s1. The summed E-state index contributed by atoms with van der Waals surface area (Å²) in [7, 11) is 0. The quantitative estimate of drug-likeness (QED) is 0.414. The van der Waals surface area contributed by atoms with Crippen LogP contribution in [0.25, 0.3) is 0 Å². The van der Waals surface area contributed by atoms with Gasteiger partial charge in [-0.2, -0.15) is 0 Å². The maximum atomic E-state index is 15.2. The first-order chi connectivity index (χ1) is 16.6. The number of nitrogens with one attached hydrogen (secondary N) is 1. The van der Waals surface area contributed by atoms with E-state index in [1.807, 2.05) is 37.3 Å². The van der Waals surface area contributed by atoms with E-state index >= 15 is 4.39 Å². The molecule has 172 valence electrons. The Kier molecular flexibility index (Phi) is 6.12. The van der Waals surface area contributed by atoms with Crippen molar-refractivity contribution in [3.05, 3.63) is 107 Å². The molecule has 1 aliphatic carbocycles. The molecule has 0 saturated carbocycles. The van der Waals surface area contributed by atoms with Crippen LogP contribution < -0.4 is 10.1 Å². The van der Waals surface area contributed by atoms with Crippen LogP contribution in [0.2, 0.25) is 0 Å². The minimum atomic E-state index is -1.47. The summed E-state index contributed by atoms with van der Waals surface area (Å²) in [6, 6.07) is 16.3. The van der Waals surface area contributed by atoms with Crippen LogP contribution in [-0.4, -0.2) is 22.3 Å². The largest absolute Gasteiger partial charge is 0.457 e. The first-order valence-electron chi connectivity index (χ1n) is 11.4. The average Bonchev–Trinajstić information content (AvgIpc) is 3.18. The number of benzene rings is 2. The Labute approximate surface area is 198 Å². The highest BCUT2D eigenvalue weighted by Gasteiger charge is 2.31. The zero-order valence-electron chi connectivity index (χ0n) is 19.0. The first-order valence-corrected chi connectivity index (χ1v) is 11.4. The average molecular weight is 456 g/mol. The second kappa shape index (κ2) is 9.51. The van der Waals surface area contributed by atoms with Crippen LogP contribution in [0, 0.1) is 6.92 Å². The number of hydrogen-bond acceptors (Lipinski definition) is 4. The highest BCUT2D eigenvalue weighted by atomic mass is 19.1. The number of ether oxygens (including phenoxy) is 1. The Morgan fingerprint density at radius 2 is 1.82 bits per heavy atom. The number of hydrogen-bond donors (Lipinski definition) is 1. The SMILES string of the molecule is Cc1ccc(Oc2ccc([C@H](F)Nc3nccc4c3CN(CC3=CC=CCC3)C4=O)cc2)cc1. The number of rotatable bonds is 7. The van der Waals surface area contributed by atoms with E-state index in [0.717, 1.165) is 29.7 Å².